The Labute approximate surface area is 135 Å². The summed E-state index contributed by atoms with van der Waals surface area (Å²) in [6.45, 7) is 5.66. The molecule has 6 nitrogen and oxygen atoms in total. The molecular formula is C17H22NO5-. The zero-order chi connectivity index (χ0) is 17.4. The Morgan fingerprint density at radius 2 is 1.83 bits per heavy atom. The molecule has 1 aliphatic heterocycles. The van der Waals surface area contributed by atoms with Crippen molar-refractivity contribution in [1.82, 2.24) is 4.90 Å². The fourth-order valence-corrected chi connectivity index (χ4v) is 3.52. The van der Waals surface area contributed by atoms with Crippen LogP contribution in [-0.2, 0) is 4.79 Å². The Morgan fingerprint density at radius 1 is 1.26 bits per heavy atom. The molecule has 1 aliphatic rings. The number of carbonyl (C=O) groups is 2. The highest BCUT2D eigenvalue weighted by Gasteiger charge is 2.51. The van der Waals surface area contributed by atoms with Gasteiger partial charge in [-0.25, -0.2) is 0 Å². The maximum atomic E-state index is 11.9. The summed E-state index contributed by atoms with van der Waals surface area (Å²) in [5.74, 6) is -1.56. The normalized spacial score (nSPS) is 24.5. The van der Waals surface area contributed by atoms with Crippen LogP contribution in [0.3, 0.4) is 0 Å². The van der Waals surface area contributed by atoms with Crippen molar-refractivity contribution in [2.45, 2.75) is 32.7 Å². The van der Waals surface area contributed by atoms with Crippen molar-refractivity contribution in [2.24, 2.45) is 11.3 Å². The molecule has 1 aromatic carbocycles. The first-order valence-electron chi connectivity index (χ1n) is 7.51. The summed E-state index contributed by atoms with van der Waals surface area (Å²) in [6, 6.07) is 6.44. The van der Waals surface area contributed by atoms with Gasteiger partial charge in [-0.05, 0) is 23.1 Å². The van der Waals surface area contributed by atoms with Crippen molar-refractivity contribution in [3.8, 4) is 5.75 Å². The van der Waals surface area contributed by atoms with Gasteiger partial charge in [0.2, 0.25) is 0 Å². The Morgan fingerprint density at radius 3 is 2.22 bits per heavy atom. The number of amides is 1. The molecule has 1 N–H and O–H groups in total. The number of rotatable bonds is 3. The van der Waals surface area contributed by atoms with E-state index in [2.05, 4.69) is 0 Å². The highest BCUT2D eigenvalue weighted by atomic mass is 16.5. The van der Waals surface area contributed by atoms with E-state index in [0.29, 0.717) is 5.75 Å². The molecule has 126 valence electrons. The zero-order valence-corrected chi connectivity index (χ0v) is 13.8. The van der Waals surface area contributed by atoms with E-state index >= 15 is 0 Å². The Kier molecular flexibility index (Phi) is 4.54. The minimum Gasteiger partial charge on any atom is -0.530 e. The topological polar surface area (TPSA) is 89.9 Å². The standard InChI is InChI=1S/C17H23NO5/c1-17(2,3)14-13(15(19)20)12(9-18(14)16(21)22)10-5-7-11(23-4)8-6-10/h5-8,12-14H,9H2,1-4H3,(H,19,20)(H,21,22)/p-1/t12?,13-,14-/m0/s1. The summed E-state index contributed by atoms with van der Waals surface area (Å²) >= 11 is 0. The number of nitrogens with zero attached hydrogens (tertiary/aromatic N) is 1. The molecule has 0 bridgehead atoms. The number of carbonyl (C=O) groups excluding carboxylic acids is 1. The molecule has 6 heteroatoms. The molecular weight excluding hydrogens is 298 g/mol. The Hall–Kier alpha value is -2.24. The molecule has 1 aromatic rings. The average Bonchev–Trinajstić information content (AvgIpc) is 2.88. The van der Waals surface area contributed by atoms with Crippen LogP contribution in [0, 0.1) is 11.3 Å². The van der Waals surface area contributed by atoms with E-state index < -0.39 is 35.4 Å². The average molecular weight is 320 g/mol. The van der Waals surface area contributed by atoms with Crippen LogP contribution < -0.4 is 9.84 Å². The quantitative estimate of drug-likeness (QED) is 0.912. The van der Waals surface area contributed by atoms with Gasteiger partial charge in [0, 0.05) is 18.5 Å². The monoisotopic (exact) mass is 320 g/mol. The molecule has 0 spiro atoms. The summed E-state index contributed by atoms with van der Waals surface area (Å²) in [6.07, 6.45) is -1.33. The summed E-state index contributed by atoms with van der Waals surface area (Å²) < 4.78 is 5.11. The highest BCUT2D eigenvalue weighted by molar-refractivity contribution is 5.76. The Balaban J connectivity index is 2.45. The SMILES string of the molecule is COc1ccc(C2CN(C(=O)[O-])[C@H](C(C)(C)C)[C@H]2C(=O)O)cc1. The summed E-state index contributed by atoms with van der Waals surface area (Å²) in [5.41, 5.74) is 0.279. The van der Waals surface area contributed by atoms with E-state index in [1.807, 2.05) is 20.8 Å². The zero-order valence-electron chi connectivity index (χ0n) is 13.8. The van der Waals surface area contributed by atoms with E-state index in [9.17, 15) is 19.8 Å². The second-order valence-corrected chi connectivity index (χ2v) is 6.97. The van der Waals surface area contributed by atoms with Crippen molar-refractivity contribution in [3.63, 3.8) is 0 Å². The van der Waals surface area contributed by atoms with Gasteiger partial charge < -0.3 is 24.6 Å². The van der Waals surface area contributed by atoms with Gasteiger partial charge in [0.25, 0.3) is 0 Å². The van der Waals surface area contributed by atoms with Crippen molar-refractivity contribution >= 4 is 12.1 Å². The number of aliphatic carboxylic acids is 1. The van der Waals surface area contributed by atoms with Gasteiger partial charge in [-0.15, -0.1) is 0 Å². The number of hydrogen-bond donors (Lipinski definition) is 1. The highest BCUT2D eigenvalue weighted by Crippen LogP contribution is 2.44. The number of methoxy groups -OCH3 is 1. The van der Waals surface area contributed by atoms with E-state index in [1.165, 1.54) is 0 Å². The maximum Gasteiger partial charge on any atom is 0.309 e. The molecule has 0 aliphatic carbocycles. The smallest absolute Gasteiger partial charge is 0.309 e. The van der Waals surface area contributed by atoms with Crippen molar-refractivity contribution in [2.75, 3.05) is 13.7 Å². The van der Waals surface area contributed by atoms with E-state index in [4.69, 9.17) is 4.74 Å². The van der Waals surface area contributed by atoms with Crippen LogP contribution in [0.2, 0.25) is 0 Å². The lowest BCUT2D eigenvalue weighted by Crippen LogP contribution is -2.51. The van der Waals surface area contributed by atoms with Crippen LogP contribution >= 0.6 is 0 Å². The molecule has 1 saturated heterocycles. The lowest BCUT2D eigenvalue weighted by atomic mass is 9.75. The summed E-state index contributed by atoms with van der Waals surface area (Å²) in [4.78, 5) is 24.5. The Bertz CT molecular complexity index is 590. The first-order valence-corrected chi connectivity index (χ1v) is 7.51. The molecule has 1 heterocycles. The van der Waals surface area contributed by atoms with E-state index in [1.54, 1.807) is 31.4 Å². The number of carboxylic acid groups (broad SMARTS) is 2. The molecule has 0 aromatic heterocycles. The molecule has 2 rings (SSSR count). The molecule has 23 heavy (non-hydrogen) atoms. The lowest BCUT2D eigenvalue weighted by molar-refractivity contribution is -0.268. The second kappa shape index (κ2) is 6.10. The third-order valence-corrected chi connectivity index (χ3v) is 4.45. The van der Waals surface area contributed by atoms with Crippen molar-refractivity contribution in [3.05, 3.63) is 29.8 Å². The minimum absolute atomic E-state index is 0.119. The van der Waals surface area contributed by atoms with Crippen LogP contribution in [0.1, 0.15) is 32.3 Å². The fourth-order valence-electron chi connectivity index (χ4n) is 3.52. The number of hydrogen-bond acceptors (Lipinski definition) is 4. The van der Waals surface area contributed by atoms with Crippen LogP contribution in [0.15, 0.2) is 24.3 Å². The summed E-state index contributed by atoms with van der Waals surface area (Å²) in [7, 11) is 1.55. The van der Waals surface area contributed by atoms with Gasteiger partial charge in [-0.2, -0.15) is 0 Å². The predicted octanol–water partition coefficient (Wildman–Crippen LogP) is 1.55. The number of carboxylic acids is 1. The van der Waals surface area contributed by atoms with Crippen LogP contribution in [0.5, 0.6) is 5.75 Å². The molecule has 3 atom stereocenters. The molecule has 0 saturated carbocycles. The second-order valence-electron chi connectivity index (χ2n) is 6.97. The maximum absolute atomic E-state index is 11.9. The third kappa shape index (κ3) is 3.25. The van der Waals surface area contributed by atoms with E-state index in [0.717, 1.165) is 10.5 Å². The van der Waals surface area contributed by atoms with Gasteiger partial charge in [-0.1, -0.05) is 32.9 Å². The number of ether oxygens (including phenoxy) is 1. The summed E-state index contributed by atoms with van der Waals surface area (Å²) in [5, 5.41) is 21.2. The van der Waals surface area contributed by atoms with Crippen LogP contribution in [0.4, 0.5) is 4.79 Å². The first kappa shape index (κ1) is 17.1. The number of benzene rings is 1. The van der Waals surface area contributed by atoms with E-state index in [-0.39, 0.29) is 6.54 Å². The lowest BCUT2D eigenvalue weighted by Gasteiger charge is -2.38. The predicted molar refractivity (Wildman–Crippen MR) is 82.2 cm³/mol. The van der Waals surface area contributed by atoms with Gasteiger partial charge in [0.05, 0.1) is 13.0 Å². The minimum atomic E-state index is -1.33. The van der Waals surface area contributed by atoms with Gasteiger partial charge in [-0.3, -0.25) is 4.79 Å². The van der Waals surface area contributed by atoms with Crippen LogP contribution in [0.25, 0.3) is 0 Å². The molecule has 1 unspecified atom stereocenters. The van der Waals surface area contributed by atoms with Gasteiger partial charge in [0.15, 0.2) is 0 Å². The molecule has 1 amide bonds. The molecule has 0 radical (unpaired) electrons. The van der Waals surface area contributed by atoms with Gasteiger partial charge >= 0.3 is 5.97 Å². The fraction of sp³-hybridized carbons (Fsp3) is 0.529. The third-order valence-electron chi connectivity index (χ3n) is 4.45. The number of likely N-dealkylation sites (tertiary alicyclic amines) is 1. The van der Waals surface area contributed by atoms with Gasteiger partial charge in [0.1, 0.15) is 11.8 Å². The molecule has 1 fully saturated rings. The largest absolute Gasteiger partial charge is 0.530 e. The first-order chi connectivity index (χ1) is 10.7. The van der Waals surface area contributed by atoms with Crippen molar-refractivity contribution in [1.29, 1.82) is 0 Å². The van der Waals surface area contributed by atoms with Crippen LogP contribution in [-0.4, -0.2) is 41.8 Å². The van der Waals surface area contributed by atoms with Crippen molar-refractivity contribution < 1.29 is 24.5 Å².